The molecule has 0 radical (unpaired) electrons. The van der Waals surface area contributed by atoms with Crippen molar-refractivity contribution in [3.63, 3.8) is 0 Å². The van der Waals surface area contributed by atoms with Crippen molar-refractivity contribution in [2.45, 2.75) is 45.4 Å². The fourth-order valence-corrected chi connectivity index (χ4v) is 3.57. The quantitative estimate of drug-likeness (QED) is 0.487. The zero-order chi connectivity index (χ0) is 20.0. The van der Waals surface area contributed by atoms with Gasteiger partial charge >= 0.3 is 0 Å². The Morgan fingerprint density at radius 3 is 2.75 bits per heavy atom. The normalized spacial score (nSPS) is 10.8. The minimum Gasteiger partial charge on any atom is -0.383 e. The third-order valence-electron chi connectivity index (χ3n) is 4.46. The average Bonchev–Trinajstić information content (AvgIpc) is 3.17. The Morgan fingerprint density at radius 2 is 2.00 bits per heavy atom. The number of hydrogen-bond donors (Lipinski definition) is 1. The number of nitrogens with one attached hydrogen (secondary N) is 1. The molecule has 1 aromatic carbocycles. The SMILES string of the molecule is CCCCCCNC(=O)CCN(CCOC)c1nc(Cc2ccccc2)ns1. The van der Waals surface area contributed by atoms with E-state index < -0.39 is 0 Å². The van der Waals surface area contributed by atoms with E-state index in [9.17, 15) is 4.79 Å². The van der Waals surface area contributed by atoms with Gasteiger partial charge in [0.1, 0.15) is 5.82 Å². The number of ether oxygens (including phenoxy) is 1. The Morgan fingerprint density at radius 1 is 1.18 bits per heavy atom. The van der Waals surface area contributed by atoms with Gasteiger partial charge in [-0.15, -0.1) is 0 Å². The first-order valence-corrected chi connectivity index (χ1v) is 10.9. The Labute approximate surface area is 172 Å². The highest BCUT2D eigenvalue weighted by Gasteiger charge is 2.14. The van der Waals surface area contributed by atoms with E-state index in [0.717, 1.165) is 23.9 Å². The largest absolute Gasteiger partial charge is 0.383 e. The number of carbonyl (C=O) groups excluding carboxylic acids is 1. The summed E-state index contributed by atoms with van der Waals surface area (Å²) < 4.78 is 9.71. The van der Waals surface area contributed by atoms with Crippen LogP contribution >= 0.6 is 11.5 Å². The van der Waals surface area contributed by atoms with Crippen LogP contribution in [0.25, 0.3) is 0 Å². The van der Waals surface area contributed by atoms with Gasteiger partial charge in [-0.25, -0.2) is 4.98 Å². The van der Waals surface area contributed by atoms with Crippen molar-refractivity contribution in [1.29, 1.82) is 0 Å². The second-order valence-electron chi connectivity index (χ2n) is 6.80. The number of amides is 1. The van der Waals surface area contributed by atoms with Crippen LogP contribution in [0.3, 0.4) is 0 Å². The molecule has 6 nitrogen and oxygen atoms in total. The van der Waals surface area contributed by atoms with Gasteiger partial charge in [0.05, 0.1) is 6.61 Å². The Kier molecular flexibility index (Phi) is 10.5. The number of hydrogen-bond acceptors (Lipinski definition) is 6. The van der Waals surface area contributed by atoms with Crippen LogP contribution in [0, 0.1) is 0 Å². The van der Waals surface area contributed by atoms with Crippen molar-refractivity contribution in [3.05, 3.63) is 41.7 Å². The molecule has 0 unspecified atom stereocenters. The molecule has 0 aliphatic rings. The first-order valence-electron chi connectivity index (χ1n) is 10.1. The fourth-order valence-electron chi connectivity index (χ4n) is 2.83. The van der Waals surface area contributed by atoms with E-state index in [1.165, 1.54) is 36.4 Å². The summed E-state index contributed by atoms with van der Waals surface area (Å²) in [5, 5.41) is 3.86. The van der Waals surface area contributed by atoms with Gasteiger partial charge in [-0.2, -0.15) is 4.37 Å². The van der Waals surface area contributed by atoms with Crippen molar-refractivity contribution in [3.8, 4) is 0 Å². The molecule has 2 aromatic rings. The zero-order valence-corrected chi connectivity index (χ0v) is 17.8. The highest BCUT2D eigenvalue weighted by atomic mass is 32.1. The average molecular weight is 405 g/mol. The number of unbranched alkanes of at least 4 members (excludes halogenated alkanes) is 3. The second-order valence-corrected chi connectivity index (χ2v) is 7.53. The molecule has 0 aliphatic carbocycles. The van der Waals surface area contributed by atoms with E-state index in [-0.39, 0.29) is 5.91 Å². The number of carbonyl (C=O) groups is 1. The molecular weight excluding hydrogens is 372 g/mol. The molecule has 1 heterocycles. The summed E-state index contributed by atoms with van der Waals surface area (Å²) in [5.74, 6) is 0.905. The van der Waals surface area contributed by atoms with Gasteiger partial charge in [0.25, 0.3) is 0 Å². The first-order chi connectivity index (χ1) is 13.7. The number of benzene rings is 1. The molecule has 1 amide bonds. The Bertz CT molecular complexity index is 678. The minimum atomic E-state index is 0.0907. The summed E-state index contributed by atoms with van der Waals surface area (Å²) in [5.41, 5.74) is 1.19. The second kappa shape index (κ2) is 13.2. The predicted molar refractivity (Wildman–Crippen MR) is 115 cm³/mol. The predicted octanol–water partition coefficient (Wildman–Crippen LogP) is 3.67. The lowest BCUT2D eigenvalue weighted by Crippen LogP contribution is -2.33. The van der Waals surface area contributed by atoms with Crippen LogP contribution in [-0.2, 0) is 16.0 Å². The van der Waals surface area contributed by atoms with Crippen LogP contribution < -0.4 is 10.2 Å². The molecule has 28 heavy (non-hydrogen) atoms. The Hall–Kier alpha value is -1.99. The van der Waals surface area contributed by atoms with Crippen molar-refractivity contribution >= 4 is 22.6 Å². The lowest BCUT2D eigenvalue weighted by atomic mass is 10.1. The number of rotatable bonds is 14. The first kappa shape index (κ1) is 22.3. The third kappa shape index (κ3) is 8.35. The van der Waals surface area contributed by atoms with E-state index >= 15 is 0 Å². The Balaban J connectivity index is 1.84. The smallest absolute Gasteiger partial charge is 0.221 e. The summed E-state index contributed by atoms with van der Waals surface area (Å²) in [4.78, 5) is 18.9. The summed E-state index contributed by atoms with van der Waals surface area (Å²) in [6, 6.07) is 10.2. The van der Waals surface area contributed by atoms with Gasteiger partial charge in [0.2, 0.25) is 11.0 Å². The zero-order valence-electron chi connectivity index (χ0n) is 17.0. The van der Waals surface area contributed by atoms with Gasteiger partial charge in [-0.3, -0.25) is 4.79 Å². The summed E-state index contributed by atoms with van der Waals surface area (Å²) in [6.45, 7) is 4.85. The number of anilines is 1. The van der Waals surface area contributed by atoms with Crippen molar-refractivity contribution < 1.29 is 9.53 Å². The van der Waals surface area contributed by atoms with Gasteiger partial charge in [0, 0.05) is 51.1 Å². The molecule has 0 saturated heterocycles. The van der Waals surface area contributed by atoms with Crippen molar-refractivity contribution in [2.24, 2.45) is 0 Å². The molecule has 0 aliphatic heterocycles. The lowest BCUT2D eigenvalue weighted by Gasteiger charge is -2.20. The molecular formula is C21H32N4O2S. The van der Waals surface area contributed by atoms with E-state index in [0.29, 0.717) is 32.5 Å². The van der Waals surface area contributed by atoms with E-state index in [4.69, 9.17) is 4.74 Å². The van der Waals surface area contributed by atoms with Crippen LogP contribution in [0.1, 0.15) is 50.4 Å². The maximum absolute atomic E-state index is 12.1. The van der Waals surface area contributed by atoms with Gasteiger partial charge in [-0.05, 0) is 12.0 Å². The van der Waals surface area contributed by atoms with E-state index in [1.54, 1.807) is 7.11 Å². The molecule has 1 N–H and O–H groups in total. The lowest BCUT2D eigenvalue weighted by molar-refractivity contribution is -0.120. The molecule has 7 heteroatoms. The molecule has 0 atom stereocenters. The fraction of sp³-hybridized carbons (Fsp3) is 0.571. The van der Waals surface area contributed by atoms with Crippen LogP contribution in [-0.4, -0.2) is 48.6 Å². The van der Waals surface area contributed by atoms with Gasteiger partial charge in [0.15, 0.2) is 0 Å². The molecule has 154 valence electrons. The van der Waals surface area contributed by atoms with E-state index in [2.05, 4.69) is 38.6 Å². The van der Waals surface area contributed by atoms with Crippen LogP contribution in [0.5, 0.6) is 0 Å². The standard InChI is InChI=1S/C21H32N4O2S/c1-3-4-5-9-13-22-20(26)12-14-25(15-16-27-2)21-23-19(24-28-21)17-18-10-7-6-8-11-18/h6-8,10-11H,3-5,9,12-17H2,1-2H3,(H,22,26). The molecule has 0 saturated carbocycles. The molecule has 0 spiro atoms. The van der Waals surface area contributed by atoms with Gasteiger partial charge in [-0.1, -0.05) is 56.5 Å². The van der Waals surface area contributed by atoms with Crippen molar-refractivity contribution in [1.82, 2.24) is 14.7 Å². The molecule has 1 aromatic heterocycles. The topological polar surface area (TPSA) is 67.4 Å². The summed E-state index contributed by atoms with van der Waals surface area (Å²) in [6.07, 6.45) is 5.82. The summed E-state index contributed by atoms with van der Waals surface area (Å²) >= 11 is 1.38. The maximum Gasteiger partial charge on any atom is 0.221 e. The highest BCUT2D eigenvalue weighted by Crippen LogP contribution is 2.19. The third-order valence-corrected chi connectivity index (χ3v) is 5.27. The molecule has 2 rings (SSSR count). The molecule has 0 fully saturated rings. The highest BCUT2D eigenvalue weighted by molar-refractivity contribution is 7.09. The minimum absolute atomic E-state index is 0.0907. The molecule has 0 bridgehead atoms. The van der Waals surface area contributed by atoms with Gasteiger partial charge < -0.3 is 15.0 Å². The monoisotopic (exact) mass is 404 g/mol. The van der Waals surface area contributed by atoms with Crippen molar-refractivity contribution in [2.75, 3.05) is 38.3 Å². The number of methoxy groups -OCH3 is 1. The van der Waals surface area contributed by atoms with Crippen LogP contribution in [0.4, 0.5) is 5.13 Å². The maximum atomic E-state index is 12.1. The number of aromatic nitrogens is 2. The van der Waals surface area contributed by atoms with Crippen LogP contribution in [0.2, 0.25) is 0 Å². The number of nitrogens with zero attached hydrogens (tertiary/aromatic N) is 3. The summed E-state index contributed by atoms with van der Waals surface area (Å²) in [7, 11) is 1.68. The van der Waals surface area contributed by atoms with E-state index in [1.807, 2.05) is 18.2 Å². The van der Waals surface area contributed by atoms with Crippen LogP contribution in [0.15, 0.2) is 30.3 Å².